The molecule has 0 spiro atoms. The van der Waals surface area contributed by atoms with Gasteiger partial charge in [0.05, 0.1) is 0 Å². The first-order chi connectivity index (χ1) is 19.9. The van der Waals surface area contributed by atoms with E-state index >= 15 is 0 Å². The Morgan fingerprint density at radius 2 is 0.837 bits per heavy atom. The van der Waals surface area contributed by atoms with Crippen LogP contribution >= 0.6 is 0 Å². The molecule has 15 heteroatoms. The quantitative estimate of drug-likeness (QED) is 0.0889. The molecule has 0 heterocycles. The Kier molecular flexibility index (Phi) is 11.2. The van der Waals surface area contributed by atoms with Crippen LogP contribution in [-0.2, 0) is 20.2 Å². The van der Waals surface area contributed by atoms with Crippen LogP contribution in [-0.4, -0.2) is 67.6 Å². The van der Waals surface area contributed by atoms with E-state index in [1.165, 1.54) is 36.4 Å². The third-order valence-corrected chi connectivity index (χ3v) is 7.42. The Bertz CT molecular complexity index is 1730. The van der Waals surface area contributed by atoms with Crippen molar-refractivity contribution < 1.29 is 35.5 Å². The van der Waals surface area contributed by atoms with E-state index in [0.717, 1.165) is 12.1 Å². The summed E-state index contributed by atoms with van der Waals surface area (Å²) in [6.07, 6.45) is 2.41. The van der Waals surface area contributed by atoms with E-state index in [2.05, 4.69) is 21.3 Å². The number of rotatable bonds is 8. The van der Waals surface area contributed by atoms with Crippen molar-refractivity contribution >= 4 is 96.8 Å². The number of anilines is 4. The molecular formula is C28H25N4NaO8S2. The first-order valence-electron chi connectivity index (χ1n) is 12.1. The number of carbonyl (C=O) groups excluding carboxylic acids is 2. The van der Waals surface area contributed by atoms with E-state index in [1.807, 2.05) is 0 Å². The van der Waals surface area contributed by atoms with E-state index in [1.54, 1.807) is 60.7 Å². The topological polar surface area (TPSA) is 191 Å². The van der Waals surface area contributed by atoms with E-state index < -0.39 is 42.1 Å². The van der Waals surface area contributed by atoms with Gasteiger partial charge in [0.1, 0.15) is 9.79 Å². The fourth-order valence-corrected chi connectivity index (χ4v) is 5.18. The maximum atomic E-state index is 12.3. The van der Waals surface area contributed by atoms with Gasteiger partial charge in [0.2, 0.25) is 0 Å². The van der Waals surface area contributed by atoms with Gasteiger partial charge in [-0.2, -0.15) is 16.8 Å². The molecule has 6 N–H and O–H groups in total. The van der Waals surface area contributed by atoms with Gasteiger partial charge < -0.3 is 21.3 Å². The molecule has 0 aromatic heterocycles. The number of benzene rings is 4. The number of carbonyl (C=O) groups is 2. The maximum absolute atomic E-state index is 12.3. The molecule has 218 valence electrons. The van der Waals surface area contributed by atoms with Crippen molar-refractivity contribution in [3.05, 3.63) is 108 Å². The average molecular weight is 633 g/mol. The number of hydrogen-bond donors (Lipinski definition) is 6. The number of nitrogens with one attached hydrogen (secondary N) is 4. The van der Waals surface area contributed by atoms with Gasteiger partial charge in [-0.15, -0.1) is 0 Å². The van der Waals surface area contributed by atoms with Crippen molar-refractivity contribution in [1.82, 2.24) is 0 Å². The predicted molar refractivity (Wildman–Crippen MR) is 167 cm³/mol. The number of hydrogen-bond acceptors (Lipinski definition) is 6. The zero-order valence-electron chi connectivity index (χ0n) is 21.6. The number of amides is 4. The van der Waals surface area contributed by atoms with Crippen LogP contribution < -0.4 is 21.3 Å². The van der Waals surface area contributed by atoms with Gasteiger partial charge in [0, 0.05) is 22.7 Å². The summed E-state index contributed by atoms with van der Waals surface area (Å²) in [7, 11) is -9.57. The van der Waals surface area contributed by atoms with Crippen molar-refractivity contribution in [3.8, 4) is 0 Å². The van der Waals surface area contributed by atoms with Gasteiger partial charge in [-0.1, -0.05) is 60.7 Å². The molecular weight excluding hydrogens is 607 g/mol. The number of urea groups is 2. The summed E-state index contributed by atoms with van der Waals surface area (Å²) in [5.74, 6) is 0. The van der Waals surface area contributed by atoms with Crippen molar-refractivity contribution in [2.75, 3.05) is 21.3 Å². The second-order valence-corrected chi connectivity index (χ2v) is 11.5. The van der Waals surface area contributed by atoms with Crippen molar-refractivity contribution in [2.24, 2.45) is 0 Å². The Labute approximate surface area is 270 Å². The predicted octanol–water partition coefficient (Wildman–Crippen LogP) is 4.99. The minimum absolute atomic E-state index is 0. The second kappa shape index (κ2) is 14.4. The molecule has 0 atom stereocenters. The van der Waals surface area contributed by atoms with Crippen molar-refractivity contribution in [2.45, 2.75) is 9.79 Å². The van der Waals surface area contributed by atoms with Crippen LogP contribution in [0, 0.1) is 0 Å². The summed E-state index contributed by atoms with van der Waals surface area (Å²) in [5, 5.41) is 10.1. The molecule has 0 aliphatic carbocycles. The minimum atomic E-state index is -4.78. The molecule has 4 aromatic rings. The fourth-order valence-electron chi connectivity index (χ4n) is 3.76. The normalized spacial score (nSPS) is 11.3. The van der Waals surface area contributed by atoms with Crippen LogP contribution in [0.25, 0.3) is 12.2 Å². The van der Waals surface area contributed by atoms with Crippen molar-refractivity contribution in [3.63, 3.8) is 0 Å². The van der Waals surface area contributed by atoms with Crippen LogP contribution in [0.15, 0.2) is 107 Å². The Morgan fingerprint density at radius 1 is 0.512 bits per heavy atom. The molecule has 0 aliphatic heterocycles. The Balaban J connectivity index is 0.00000506. The molecule has 4 aromatic carbocycles. The molecule has 0 bridgehead atoms. The molecule has 43 heavy (non-hydrogen) atoms. The molecule has 0 saturated carbocycles. The van der Waals surface area contributed by atoms with E-state index in [9.17, 15) is 35.5 Å². The summed E-state index contributed by atoms with van der Waals surface area (Å²) in [6, 6.07) is 23.1. The molecule has 0 unspecified atom stereocenters. The summed E-state index contributed by atoms with van der Waals surface area (Å²) >= 11 is 0. The molecule has 0 saturated heterocycles. The van der Waals surface area contributed by atoms with E-state index in [4.69, 9.17) is 0 Å². The molecule has 0 aliphatic rings. The summed E-state index contributed by atoms with van der Waals surface area (Å²) in [4.78, 5) is 23.5. The van der Waals surface area contributed by atoms with E-state index in [-0.39, 0.29) is 52.1 Å². The SMILES string of the molecule is O=C(Nc1ccccc1)Nc1ccc(C=Cc2ccc(NC(=O)Nc3ccccc3)cc2S(=O)(=O)O)c(S(=O)(=O)O)c1.[NaH]. The van der Waals surface area contributed by atoms with Gasteiger partial charge in [-0.3, -0.25) is 9.11 Å². The van der Waals surface area contributed by atoms with Crippen molar-refractivity contribution in [1.29, 1.82) is 0 Å². The first kappa shape index (κ1) is 33.5. The van der Waals surface area contributed by atoms with Crippen LogP contribution in [0.3, 0.4) is 0 Å². The molecule has 12 nitrogen and oxygen atoms in total. The van der Waals surface area contributed by atoms with Crippen LogP contribution in [0.2, 0.25) is 0 Å². The van der Waals surface area contributed by atoms with Gasteiger partial charge >= 0.3 is 41.6 Å². The van der Waals surface area contributed by atoms with Crippen LogP contribution in [0.1, 0.15) is 11.1 Å². The fraction of sp³-hybridized carbons (Fsp3) is 0. The monoisotopic (exact) mass is 632 g/mol. The summed E-state index contributed by atoms with van der Waals surface area (Å²) in [5.41, 5.74) is 1.01. The Hall–Kier alpha value is -4.02. The van der Waals surface area contributed by atoms with Gasteiger partial charge in [-0.05, 0) is 59.7 Å². The molecule has 0 fully saturated rings. The zero-order valence-corrected chi connectivity index (χ0v) is 23.2. The average Bonchev–Trinajstić information content (AvgIpc) is 2.92. The van der Waals surface area contributed by atoms with Gasteiger partial charge in [0.15, 0.2) is 0 Å². The zero-order chi connectivity index (χ0) is 30.3. The number of para-hydroxylation sites is 2. The van der Waals surface area contributed by atoms with E-state index in [0.29, 0.717) is 11.4 Å². The van der Waals surface area contributed by atoms with Crippen LogP contribution in [0.4, 0.5) is 32.3 Å². The second-order valence-electron chi connectivity index (χ2n) is 8.68. The third kappa shape index (κ3) is 9.76. The molecule has 4 rings (SSSR count). The van der Waals surface area contributed by atoms with Gasteiger partial charge in [-0.25, -0.2) is 9.59 Å². The third-order valence-electron chi connectivity index (χ3n) is 5.60. The standard InChI is InChI=1S/C28H24N4O8S2.Na.H/c33-27(29-21-7-3-1-4-8-21)31-23-15-13-19(25(17-23)41(35,36)37)11-12-20-14-16-24(18-26(20)42(38,39)40)32-28(34)30-22-9-5-2-6-10-22;;/h1-18H,(H2,29,31,33)(H2,30,32,34)(H,35,36,37)(H,38,39,40);;. The summed E-state index contributed by atoms with van der Waals surface area (Å²) < 4.78 is 68.0. The summed E-state index contributed by atoms with van der Waals surface area (Å²) in [6.45, 7) is 0. The molecule has 4 amide bonds. The molecule has 0 radical (unpaired) electrons. The first-order valence-corrected chi connectivity index (χ1v) is 14.9. The Morgan fingerprint density at radius 3 is 1.16 bits per heavy atom. The van der Waals surface area contributed by atoms with Gasteiger partial charge in [0.25, 0.3) is 20.2 Å². The van der Waals surface area contributed by atoms with Crippen LogP contribution in [0.5, 0.6) is 0 Å².